The first-order valence-corrected chi connectivity index (χ1v) is 6.40. The Balaban J connectivity index is 1.88. The summed E-state index contributed by atoms with van der Waals surface area (Å²) >= 11 is 0. The summed E-state index contributed by atoms with van der Waals surface area (Å²) in [6.07, 6.45) is 3.21. The van der Waals surface area contributed by atoms with E-state index in [1.165, 1.54) is 0 Å². The molecule has 1 aromatic carbocycles. The van der Waals surface area contributed by atoms with Gasteiger partial charge in [-0.2, -0.15) is 0 Å². The molecule has 0 fully saturated rings. The largest absolute Gasteiger partial charge is 0.399 e. The van der Waals surface area contributed by atoms with Crippen LogP contribution in [0.1, 0.15) is 15.9 Å². The summed E-state index contributed by atoms with van der Waals surface area (Å²) in [6, 6.07) is 8.27. The van der Waals surface area contributed by atoms with Crippen molar-refractivity contribution < 1.29 is 9.59 Å². The number of aromatic nitrogens is 1. The molecule has 2 rings (SSSR count). The molecule has 0 aliphatic carbocycles. The van der Waals surface area contributed by atoms with Gasteiger partial charge in [-0.25, -0.2) is 0 Å². The Bertz CT molecular complexity index is 653. The Morgan fingerprint density at radius 3 is 2.57 bits per heavy atom. The summed E-state index contributed by atoms with van der Waals surface area (Å²) in [4.78, 5) is 27.6. The SMILES string of the molecule is Cc1ccncc1NC(=O)CNC(=O)c1ccc(N)cc1. The minimum absolute atomic E-state index is 0.114. The van der Waals surface area contributed by atoms with E-state index in [4.69, 9.17) is 5.73 Å². The second-order valence-electron chi connectivity index (χ2n) is 4.54. The van der Waals surface area contributed by atoms with E-state index in [1.807, 2.05) is 6.92 Å². The van der Waals surface area contributed by atoms with Gasteiger partial charge >= 0.3 is 0 Å². The van der Waals surface area contributed by atoms with E-state index < -0.39 is 0 Å². The first-order chi connectivity index (χ1) is 10.1. The summed E-state index contributed by atoms with van der Waals surface area (Å²) in [5.74, 6) is -0.636. The number of aryl methyl sites for hydroxylation is 1. The fraction of sp³-hybridized carbons (Fsp3) is 0.133. The van der Waals surface area contributed by atoms with Crippen molar-refractivity contribution in [2.75, 3.05) is 17.6 Å². The molecule has 0 radical (unpaired) electrons. The van der Waals surface area contributed by atoms with Crippen LogP contribution in [0.2, 0.25) is 0 Å². The number of carbonyl (C=O) groups is 2. The number of nitrogens with one attached hydrogen (secondary N) is 2. The van der Waals surface area contributed by atoms with Crippen LogP contribution in [-0.2, 0) is 4.79 Å². The van der Waals surface area contributed by atoms with Gasteiger partial charge in [0.05, 0.1) is 18.4 Å². The molecule has 0 saturated carbocycles. The van der Waals surface area contributed by atoms with E-state index >= 15 is 0 Å². The predicted molar refractivity (Wildman–Crippen MR) is 80.8 cm³/mol. The first-order valence-electron chi connectivity index (χ1n) is 6.40. The molecule has 0 aliphatic rings. The van der Waals surface area contributed by atoms with Crippen molar-refractivity contribution in [1.29, 1.82) is 0 Å². The van der Waals surface area contributed by atoms with Crippen LogP contribution < -0.4 is 16.4 Å². The van der Waals surface area contributed by atoms with E-state index in [2.05, 4.69) is 15.6 Å². The number of amides is 2. The molecule has 0 saturated heterocycles. The zero-order valence-electron chi connectivity index (χ0n) is 11.6. The molecule has 1 heterocycles. The monoisotopic (exact) mass is 284 g/mol. The maximum atomic E-state index is 11.8. The van der Waals surface area contributed by atoms with Crippen molar-refractivity contribution in [2.24, 2.45) is 0 Å². The zero-order valence-corrected chi connectivity index (χ0v) is 11.6. The molecule has 6 heteroatoms. The van der Waals surface area contributed by atoms with Crippen molar-refractivity contribution in [1.82, 2.24) is 10.3 Å². The molecule has 21 heavy (non-hydrogen) atoms. The molecule has 1 aromatic heterocycles. The standard InChI is InChI=1S/C15H16N4O2/c1-10-6-7-17-8-13(10)19-14(20)9-18-15(21)11-2-4-12(16)5-3-11/h2-8H,9,16H2,1H3,(H,18,21)(H,19,20). The maximum absolute atomic E-state index is 11.8. The molecule has 6 nitrogen and oxygen atoms in total. The van der Waals surface area contributed by atoms with Crippen molar-refractivity contribution in [3.05, 3.63) is 53.9 Å². The van der Waals surface area contributed by atoms with Gasteiger partial charge in [-0.15, -0.1) is 0 Å². The Labute approximate surface area is 122 Å². The lowest BCUT2D eigenvalue weighted by Crippen LogP contribution is -2.33. The number of nitrogen functional groups attached to an aromatic ring is 1. The molecule has 0 unspecified atom stereocenters. The Morgan fingerprint density at radius 2 is 1.90 bits per heavy atom. The smallest absolute Gasteiger partial charge is 0.251 e. The number of hydrogen-bond donors (Lipinski definition) is 3. The second-order valence-corrected chi connectivity index (χ2v) is 4.54. The Hall–Kier alpha value is -2.89. The number of hydrogen-bond acceptors (Lipinski definition) is 4. The van der Waals surface area contributed by atoms with E-state index in [-0.39, 0.29) is 18.4 Å². The third-order valence-electron chi connectivity index (χ3n) is 2.90. The molecule has 0 bridgehead atoms. The van der Waals surface area contributed by atoms with Gasteiger partial charge in [-0.3, -0.25) is 14.6 Å². The fourth-order valence-corrected chi connectivity index (χ4v) is 1.69. The van der Waals surface area contributed by atoms with Gasteiger partial charge in [-0.1, -0.05) is 0 Å². The number of anilines is 2. The number of nitrogens with zero attached hydrogens (tertiary/aromatic N) is 1. The topological polar surface area (TPSA) is 97.1 Å². The van der Waals surface area contributed by atoms with Gasteiger partial charge in [0, 0.05) is 17.4 Å². The van der Waals surface area contributed by atoms with Crippen molar-refractivity contribution in [3.8, 4) is 0 Å². The first kappa shape index (κ1) is 14.5. The average molecular weight is 284 g/mol. The van der Waals surface area contributed by atoms with Gasteiger partial charge in [-0.05, 0) is 42.8 Å². The molecule has 2 amide bonds. The minimum atomic E-state index is -0.326. The number of nitrogens with two attached hydrogens (primary N) is 1. The molecular formula is C15H16N4O2. The summed E-state index contributed by atoms with van der Waals surface area (Å²) in [5, 5.41) is 5.24. The molecule has 4 N–H and O–H groups in total. The highest BCUT2D eigenvalue weighted by molar-refractivity contribution is 5.99. The van der Waals surface area contributed by atoms with Crippen LogP contribution in [0.5, 0.6) is 0 Å². The van der Waals surface area contributed by atoms with Crippen molar-refractivity contribution >= 4 is 23.2 Å². The van der Waals surface area contributed by atoms with Crippen LogP contribution in [0.3, 0.4) is 0 Å². The maximum Gasteiger partial charge on any atom is 0.251 e. The zero-order chi connectivity index (χ0) is 15.2. The predicted octanol–water partition coefficient (Wildman–Crippen LogP) is 1.34. The summed E-state index contributed by atoms with van der Waals surface area (Å²) in [5.41, 5.74) is 8.12. The Kier molecular flexibility index (Phi) is 4.50. The van der Waals surface area contributed by atoms with Gasteiger partial charge < -0.3 is 16.4 Å². The molecule has 2 aromatic rings. The summed E-state index contributed by atoms with van der Waals surface area (Å²) in [6.45, 7) is 1.75. The lowest BCUT2D eigenvalue weighted by molar-refractivity contribution is -0.115. The molecule has 108 valence electrons. The van der Waals surface area contributed by atoms with Gasteiger partial charge in [0.2, 0.25) is 5.91 Å². The summed E-state index contributed by atoms with van der Waals surface area (Å²) in [7, 11) is 0. The third-order valence-corrected chi connectivity index (χ3v) is 2.90. The third kappa shape index (κ3) is 4.04. The molecule has 0 atom stereocenters. The van der Waals surface area contributed by atoms with Crippen LogP contribution >= 0.6 is 0 Å². The second kappa shape index (κ2) is 6.51. The van der Waals surface area contributed by atoms with E-state index in [9.17, 15) is 9.59 Å². The summed E-state index contributed by atoms with van der Waals surface area (Å²) < 4.78 is 0. The van der Waals surface area contributed by atoms with Crippen LogP contribution in [-0.4, -0.2) is 23.3 Å². The van der Waals surface area contributed by atoms with E-state index in [1.54, 1.807) is 42.7 Å². The van der Waals surface area contributed by atoms with Crippen LogP contribution in [0.4, 0.5) is 11.4 Å². The van der Waals surface area contributed by atoms with Gasteiger partial charge in [0.1, 0.15) is 0 Å². The normalized spacial score (nSPS) is 9.95. The van der Waals surface area contributed by atoms with Crippen molar-refractivity contribution in [3.63, 3.8) is 0 Å². The quantitative estimate of drug-likeness (QED) is 0.738. The van der Waals surface area contributed by atoms with Crippen molar-refractivity contribution in [2.45, 2.75) is 6.92 Å². The van der Waals surface area contributed by atoms with E-state index in [0.29, 0.717) is 16.9 Å². The van der Waals surface area contributed by atoms with Gasteiger partial charge in [0.15, 0.2) is 0 Å². The van der Waals surface area contributed by atoms with Crippen LogP contribution in [0, 0.1) is 6.92 Å². The minimum Gasteiger partial charge on any atom is -0.399 e. The number of carbonyl (C=O) groups excluding carboxylic acids is 2. The lowest BCUT2D eigenvalue weighted by Gasteiger charge is -2.08. The molecule has 0 aliphatic heterocycles. The molecule has 0 spiro atoms. The van der Waals surface area contributed by atoms with Crippen LogP contribution in [0.15, 0.2) is 42.7 Å². The number of rotatable bonds is 4. The number of pyridine rings is 1. The highest BCUT2D eigenvalue weighted by Crippen LogP contribution is 2.10. The average Bonchev–Trinajstić information content (AvgIpc) is 2.48. The van der Waals surface area contributed by atoms with Crippen LogP contribution in [0.25, 0.3) is 0 Å². The highest BCUT2D eigenvalue weighted by Gasteiger charge is 2.09. The van der Waals surface area contributed by atoms with E-state index in [0.717, 1.165) is 5.56 Å². The van der Waals surface area contributed by atoms with Gasteiger partial charge in [0.25, 0.3) is 5.91 Å². The molecular weight excluding hydrogens is 268 g/mol. The fourth-order valence-electron chi connectivity index (χ4n) is 1.69. The number of benzene rings is 1. The highest BCUT2D eigenvalue weighted by atomic mass is 16.2. The Morgan fingerprint density at radius 1 is 1.19 bits per heavy atom. The lowest BCUT2D eigenvalue weighted by atomic mass is 10.2.